The summed E-state index contributed by atoms with van der Waals surface area (Å²) in [5, 5.41) is 11.1. The summed E-state index contributed by atoms with van der Waals surface area (Å²) in [6.07, 6.45) is 17.2. The van der Waals surface area contributed by atoms with Crippen molar-refractivity contribution in [3.63, 3.8) is 0 Å². The smallest absolute Gasteiger partial charge is 0.338 e. The molecule has 6 rings (SSSR count). The lowest BCUT2D eigenvalue weighted by Gasteiger charge is -2.62. The van der Waals surface area contributed by atoms with E-state index < -0.39 is 5.60 Å². The van der Waals surface area contributed by atoms with Crippen LogP contribution in [0.5, 0.6) is 0 Å². The van der Waals surface area contributed by atoms with Crippen molar-refractivity contribution in [2.75, 3.05) is 0 Å². The highest BCUT2D eigenvalue weighted by Crippen LogP contribution is 2.69. The Kier molecular flexibility index (Phi) is 7.47. The van der Waals surface area contributed by atoms with Gasteiger partial charge in [-0.25, -0.2) is 4.79 Å². The van der Waals surface area contributed by atoms with Gasteiger partial charge in [-0.3, -0.25) is 0 Å². The van der Waals surface area contributed by atoms with Crippen LogP contribution >= 0.6 is 0 Å². The maximum atomic E-state index is 12.8. The summed E-state index contributed by atoms with van der Waals surface area (Å²) in [6, 6.07) is 9.53. The fourth-order valence-corrected chi connectivity index (χ4v) is 10.9. The van der Waals surface area contributed by atoms with Crippen molar-refractivity contribution in [2.45, 2.75) is 129 Å². The number of carbonyl (C=O) groups excluding carboxylic acids is 1. The number of esters is 1. The van der Waals surface area contributed by atoms with Crippen LogP contribution in [0.4, 0.5) is 0 Å². The average Bonchev–Trinajstić information content (AvgIpc) is 3.72. The van der Waals surface area contributed by atoms with E-state index >= 15 is 0 Å². The van der Waals surface area contributed by atoms with Crippen LogP contribution in [0.1, 0.15) is 128 Å². The zero-order chi connectivity index (χ0) is 27.4. The Bertz CT molecular complexity index is 1020. The maximum Gasteiger partial charge on any atom is 0.338 e. The molecular weight excluding hydrogens is 480 g/mol. The van der Waals surface area contributed by atoms with Gasteiger partial charge in [-0.1, -0.05) is 45.9 Å². The van der Waals surface area contributed by atoms with Gasteiger partial charge < -0.3 is 9.84 Å². The van der Waals surface area contributed by atoms with Crippen LogP contribution in [-0.4, -0.2) is 22.8 Å². The summed E-state index contributed by atoms with van der Waals surface area (Å²) < 4.78 is 6.10. The van der Waals surface area contributed by atoms with Gasteiger partial charge in [0.15, 0.2) is 0 Å². The van der Waals surface area contributed by atoms with E-state index in [9.17, 15) is 9.90 Å². The topological polar surface area (TPSA) is 46.5 Å². The minimum Gasteiger partial charge on any atom is -0.458 e. The minimum absolute atomic E-state index is 0.0872. The van der Waals surface area contributed by atoms with Crippen LogP contribution in [-0.2, 0) is 4.74 Å². The molecule has 5 saturated carbocycles. The first-order chi connectivity index (χ1) is 18.7. The average molecular weight is 535 g/mol. The van der Waals surface area contributed by atoms with Crippen molar-refractivity contribution in [1.82, 2.24) is 0 Å². The van der Waals surface area contributed by atoms with E-state index in [2.05, 4.69) is 27.7 Å². The SMILES string of the molecule is CC[C@]1(O)CC[C@@]2(C)[C@@H](CC[C@@H]3[C@@H]2CC[C@]2(C)[C@@H]([C@H](C)CCC(OC(=O)c4ccccc4)C4CC4)CC[C@@H]32)C1. The summed E-state index contributed by atoms with van der Waals surface area (Å²) in [5.74, 6) is 5.27. The molecule has 0 heterocycles. The van der Waals surface area contributed by atoms with Crippen LogP contribution in [0.2, 0.25) is 0 Å². The third kappa shape index (κ3) is 5.02. The number of rotatable bonds is 8. The second kappa shape index (κ2) is 10.5. The Morgan fingerprint density at radius 3 is 2.38 bits per heavy atom. The first-order valence-corrected chi connectivity index (χ1v) is 16.7. The largest absolute Gasteiger partial charge is 0.458 e. The third-order valence-electron chi connectivity index (χ3n) is 13.6. The zero-order valence-electron chi connectivity index (χ0n) is 25.2. The lowest BCUT2D eigenvalue weighted by molar-refractivity contribution is -0.152. The number of fused-ring (bicyclic) bond motifs is 5. The van der Waals surface area contributed by atoms with Crippen LogP contribution in [0.3, 0.4) is 0 Å². The van der Waals surface area contributed by atoms with Gasteiger partial charge in [0.1, 0.15) is 6.10 Å². The molecule has 1 unspecified atom stereocenters. The van der Waals surface area contributed by atoms with Crippen molar-refractivity contribution < 1.29 is 14.6 Å². The zero-order valence-corrected chi connectivity index (χ0v) is 25.2. The molecule has 0 saturated heterocycles. The standard InChI is InChI=1S/C36H54O3/c1-5-36(38)22-21-34(3)27(23-36)14-15-28-30-17-16-29(35(30,4)20-19-31(28)34)24(2)11-18-32(25-12-13-25)39-33(37)26-9-7-6-8-10-26/h6-10,24-25,27-32,38H,5,11-23H2,1-4H3/t24-,27+,28+,29-,30+,31+,32?,34+,35-,36+/m1/s1. The number of ether oxygens (including phenoxy) is 1. The van der Waals surface area contributed by atoms with E-state index in [1.54, 1.807) is 0 Å². The Hall–Kier alpha value is -1.35. The monoisotopic (exact) mass is 534 g/mol. The van der Waals surface area contributed by atoms with Gasteiger partial charge in [0, 0.05) is 0 Å². The highest BCUT2D eigenvalue weighted by molar-refractivity contribution is 5.89. The van der Waals surface area contributed by atoms with Gasteiger partial charge in [0.25, 0.3) is 0 Å². The Morgan fingerprint density at radius 2 is 1.67 bits per heavy atom. The van der Waals surface area contributed by atoms with E-state index in [0.29, 0.717) is 28.2 Å². The summed E-state index contributed by atoms with van der Waals surface area (Å²) in [5.41, 5.74) is 1.19. The molecule has 0 aliphatic heterocycles. The molecule has 0 spiro atoms. The molecule has 5 aliphatic carbocycles. The number of aliphatic hydroxyl groups is 1. The van der Waals surface area contributed by atoms with Gasteiger partial charge >= 0.3 is 5.97 Å². The molecule has 5 aliphatic rings. The summed E-state index contributed by atoms with van der Waals surface area (Å²) in [7, 11) is 0. The van der Waals surface area contributed by atoms with Crippen molar-refractivity contribution in [3.05, 3.63) is 35.9 Å². The summed E-state index contributed by atoms with van der Waals surface area (Å²) in [4.78, 5) is 12.8. The number of benzene rings is 1. The van der Waals surface area contributed by atoms with Crippen molar-refractivity contribution in [3.8, 4) is 0 Å². The van der Waals surface area contributed by atoms with E-state index in [4.69, 9.17) is 4.74 Å². The second-order valence-electron chi connectivity index (χ2n) is 15.4. The van der Waals surface area contributed by atoms with Crippen LogP contribution in [0, 0.1) is 52.3 Å². The molecule has 3 heteroatoms. The molecular formula is C36H54O3. The Balaban J connectivity index is 1.09. The fourth-order valence-electron chi connectivity index (χ4n) is 10.9. The van der Waals surface area contributed by atoms with Gasteiger partial charge in [-0.2, -0.15) is 0 Å². The number of hydrogen-bond donors (Lipinski definition) is 1. The molecule has 0 amide bonds. The lowest BCUT2D eigenvalue weighted by Crippen LogP contribution is -2.56. The minimum atomic E-state index is -0.401. The van der Waals surface area contributed by atoms with Crippen molar-refractivity contribution >= 4 is 5.97 Å². The van der Waals surface area contributed by atoms with Gasteiger partial charge in [0.05, 0.1) is 11.2 Å². The highest BCUT2D eigenvalue weighted by Gasteiger charge is 2.61. The molecule has 1 N–H and O–H groups in total. The molecule has 39 heavy (non-hydrogen) atoms. The number of hydrogen-bond acceptors (Lipinski definition) is 3. The van der Waals surface area contributed by atoms with Crippen LogP contribution in [0.25, 0.3) is 0 Å². The van der Waals surface area contributed by atoms with Gasteiger partial charge in [0.2, 0.25) is 0 Å². The molecule has 0 aromatic heterocycles. The first kappa shape index (κ1) is 27.8. The normalized spacial score (nSPS) is 43.1. The summed E-state index contributed by atoms with van der Waals surface area (Å²) >= 11 is 0. The van der Waals surface area contributed by atoms with Crippen molar-refractivity contribution in [1.29, 1.82) is 0 Å². The predicted octanol–water partition coefficient (Wildman–Crippen LogP) is 8.84. The predicted molar refractivity (Wildman–Crippen MR) is 157 cm³/mol. The molecule has 3 nitrogen and oxygen atoms in total. The van der Waals surface area contributed by atoms with E-state index in [-0.39, 0.29) is 12.1 Å². The molecule has 0 radical (unpaired) electrons. The summed E-state index contributed by atoms with van der Waals surface area (Å²) in [6.45, 7) is 9.98. The van der Waals surface area contributed by atoms with E-state index in [1.165, 1.54) is 64.2 Å². The quantitative estimate of drug-likeness (QED) is 0.339. The fraction of sp³-hybridized carbons (Fsp3) is 0.806. The molecule has 1 aromatic carbocycles. The Labute approximate surface area is 237 Å². The van der Waals surface area contributed by atoms with Crippen LogP contribution < -0.4 is 0 Å². The molecule has 5 fully saturated rings. The van der Waals surface area contributed by atoms with Gasteiger partial charge in [-0.05, 0) is 154 Å². The second-order valence-corrected chi connectivity index (χ2v) is 15.4. The molecule has 10 atom stereocenters. The van der Waals surface area contributed by atoms with Crippen molar-refractivity contribution in [2.24, 2.45) is 52.3 Å². The number of carbonyl (C=O) groups is 1. The first-order valence-electron chi connectivity index (χ1n) is 16.7. The van der Waals surface area contributed by atoms with Crippen LogP contribution in [0.15, 0.2) is 30.3 Å². The van der Waals surface area contributed by atoms with Gasteiger partial charge in [-0.15, -0.1) is 0 Å². The molecule has 216 valence electrons. The van der Waals surface area contributed by atoms with E-state index in [1.807, 2.05) is 30.3 Å². The maximum absolute atomic E-state index is 12.8. The third-order valence-corrected chi connectivity index (χ3v) is 13.6. The van der Waals surface area contributed by atoms with E-state index in [0.717, 1.165) is 55.3 Å². The molecule has 0 bridgehead atoms. The molecule has 1 aromatic rings. The lowest BCUT2D eigenvalue weighted by atomic mass is 9.43. The Morgan fingerprint density at radius 1 is 0.923 bits per heavy atom. The highest BCUT2D eigenvalue weighted by atomic mass is 16.5.